The molecule has 5 heteroatoms. The number of pyridine rings is 1. The number of carbonyl (C=O) groups is 1. The van der Waals surface area contributed by atoms with Crippen LogP contribution in [-0.4, -0.2) is 34.7 Å². The summed E-state index contributed by atoms with van der Waals surface area (Å²) in [5.74, 6) is 0.789. The molecule has 2 aromatic rings. The minimum atomic E-state index is -0.500. The fraction of sp³-hybridized carbons (Fsp3) is 0.412. The van der Waals surface area contributed by atoms with E-state index in [0.717, 1.165) is 22.2 Å². The van der Waals surface area contributed by atoms with Gasteiger partial charge in [-0.15, -0.1) is 0 Å². The largest absolute Gasteiger partial charge is 0.491 e. The quantitative estimate of drug-likeness (QED) is 0.748. The van der Waals surface area contributed by atoms with Crippen molar-refractivity contribution in [1.29, 1.82) is 0 Å². The van der Waals surface area contributed by atoms with E-state index in [9.17, 15) is 4.79 Å². The first-order valence-electron chi connectivity index (χ1n) is 7.41. The van der Waals surface area contributed by atoms with E-state index in [0.29, 0.717) is 19.7 Å². The Kier molecular flexibility index (Phi) is 3.64. The van der Waals surface area contributed by atoms with E-state index in [1.807, 2.05) is 45.0 Å². The maximum Gasteiger partial charge on any atom is 0.410 e. The van der Waals surface area contributed by atoms with E-state index < -0.39 is 5.60 Å². The van der Waals surface area contributed by atoms with E-state index in [4.69, 9.17) is 9.47 Å². The molecule has 5 nitrogen and oxygen atoms in total. The molecule has 1 aliphatic rings. The molecule has 2 heterocycles. The maximum atomic E-state index is 12.3. The normalized spacial score (nSPS) is 15.0. The number of nitrogens with zero attached hydrogens (tertiary/aromatic N) is 2. The van der Waals surface area contributed by atoms with Crippen molar-refractivity contribution in [3.05, 3.63) is 36.0 Å². The fourth-order valence-electron chi connectivity index (χ4n) is 2.44. The number of ether oxygens (including phenoxy) is 2. The molecule has 1 aromatic carbocycles. The monoisotopic (exact) mass is 300 g/mol. The average molecular weight is 300 g/mol. The van der Waals surface area contributed by atoms with E-state index in [2.05, 4.69) is 4.98 Å². The molecule has 1 aliphatic heterocycles. The number of benzene rings is 1. The standard InChI is InChI=1S/C17H20N2O3/c1-17(2,3)22-16(20)19-7-8-21-15-10-14-12(5-4-6-18-14)9-13(15)11-19/h4-6,9-10H,7-8,11H2,1-3H3. The molecule has 0 spiro atoms. The van der Waals surface area contributed by atoms with Crippen molar-refractivity contribution in [1.82, 2.24) is 9.88 Å². The second-order valence-corrected chi connectivity index (χ2v) is 6.41. The molecule has 0 saturated heterocycles. The predicted molar refractivity (Wildman–Crippen MR) is 83.9 cm³/mol. The van der Waals surface area contributed by atoms with E-state index in [-0.39, 0.29) is 6.09 Å². The van der Waals surface area contributed by atoms with Crippen LogP contribution in [-0.2, 0) is 11.3 Å². The van der Waals surface area contributed by atoms with Gasteiger partial charge in [0.25, 0.3) is 0 Å². The molecule has 0 atom stereocenters. The minimum absolute atomic E-state index is 0.310. The molecule has 0 fully saturated rings. The van der Waals surface area contributed by atoms with Gasteiger partial charge in [0.1, 0.15) is 18.0 Å². The van der Waals surface area contributed by atoms with Crippen molar-refractivity contribution in [2.75, 3.05) is 13.2 Å². The van der Waals surface area contributed by atoms with E-state index in [1.54, 1.807) is 11.1 Å². The molecule has 0 bridgehead atoms. The molecule has 22 heavy (non-hydrogen) atoms. The first-order chi connectivity index (χ1) is 10.4. The van der Waals surface area contributed by atoms with Gasteiger partial charge in [0.2, 0.25) is 0 Å². The summed E-state index contributed by atoms with van der Waals surface area (Å²) >= 11 is 0. The summed E-state index contributed by atoms with van der Waals surface area (Å²) in [5, 5.41) is 1.04. The zero-order chi connectivity index (χ0) is 15.7. The number of hydrogen-bond acceptors (Lipinski definition) is 4. The number of fused-ring (bicyclic) bond motifs is 2. The molecule has 0 aliphatic carbocycles. The number of hydrogen-bond donors (Lipinski definition) is 0. The van der Waals surface area contributed by atoms with Crippen LogP contribution in [0.25, 0.3) is 10.9 Å². The molecular weight excluding hydrogens is 280 g/mol. The van der Waals surface area contributed by atoms with Crippen LogP contribution in [0.1, 0.15) is 26.3 Å². The van der Waals surface area contributed by atoms with Gasteiger partial charge in [-0.05, 0) is 32.9 Å². The van der Waals surface area contributed by atoms with Gasteiger partial charge in [0, 0.05) is 23.2 Å². The molecule has 0 N–H and O–H groups in total. The second-order valence-electron chi connectivity index (χ2n) is 6.41. The lowest BCUT2D eigenvalue weighted by molar-refractivity contribution is 0.0225. The van der Waals surface area contributed by atoms with Crippen molar-refractivity contribution >= 4 is 17.0 Å². The Morgan fingerprint density at radius 1 is 1.36 bits per heavy atom. The molecule has 0 saturated carbocycles. The topological polar surface area (TPSA) is 51.7 Å². The van der Waals surface area contributed by atoms with Crippen LogP contribution in [0.3, 0.4) is 0 Å². The van der Waals surface area contributed by atoms with Crippen molar-refractivity contribution in [2.24, 2.45) is 0 Å². The molecule has 1 aromatic heterocycles. The van der Waals surface area contributed by atoms with Crippen LogP contribution < -0.4 is 4.74 Å². The molecule has 0 unspecified atom stereocenters. The van der Waals surface area contributed by atoms with Crippen LogP contribution in [0.15, 0.2) is 30.5 Å². The predicted octanol–water partition coefficient (Wildman–Crippen LogP) is 3.36. The molecular formula is C17H20N2O3. The number of amides is 1. The number of aromatic nitrogens is 1. The lowest BCUT2D eigenvalue weighted by Gasteiger charge is -2.26. The lowest BCUT2D eigenvalue weighted by atomic mass is 10.1. The van der Waals surface area contributed by atoms with Gasteiger partial charge in [-0.25, -0.2) is 4.79 Å². The zero-order valence-electron chi connectivity index (χ0n) is 13.1. The van der Waals surface area contributed by atoms with Crippen molar-refractivity contribution in [2.45, 2.75) is 32.9 Å². The molecule has 0 radical (unpaired) electrons. The first kappa shape index (κ1) is 14.6. The van der Waals surface area contributed by atoms with Crippen molar-refractivity contribution in [3.8, 4) is 5.75 Å². The van der Waals surface area contributed by atoms with Crippen LogP contribution in [0.5, 0.6) is 5.75 Å². The highest BCUT2D eigenvalue weighted by Crippen LogP contribution is 2.28. The van der Waals surface area contributed by atoms with Crippen molar-refractivity contribution < 1.29 is 14.3 Å². The van der Waals surface area contributed by atoms with Gasteiger partial charge in [-0.1, -0.05) is 6.07 Å². The van der Waals surface area contributed by atoms with Gasteiger partial charge < -0.3 is 14.4 Å². The third-order valence-electron chi connectivity index (χ3n) is 3.42. The fourth-order valence-corrected chi connectivity index (χ4v) is 2.44. The van der Waals surface area contributed by atoms with Crippen LogP contribution in [0.2, 0.25) is 0 Å². The Hall–Kier alpha value is -2.30. The highest BCUT2D eigenvalue weighted by atomic mass is 16.6. The number of rotatable bonds is 0. The summed E-state index contributed by atoms with van der Waals surface area (Å²) in [5.41, 5.74) is 1.37. The summed E-state index contributed by atoms with van der Waals surface area (Å²) in [7, 11) is 0. The first-order valence-corrected chi connectivity index (χ1v) is 7.41. The van der Waals surface area contributed by atoms with Gasteiger partial charge in [-0.2, -0.15) is 0 Å². The van der Waals surface area contributed by atoms with Crippen LogP contribution in [0, 0.1) is 0 Å². The highest BCUT2D eigenvalue weighted by molar-refractivity contribution is 5.81. The van der Waals surface area contributed by atoms with E-state index in [1.165, 1.54) is 0 Å². The van der Waals surface area contributed by atoms with Gasteiger partial charge in [0.05, 0.1) is 18.6 Å². The SMILES string of the molecule is CC(C)(C)OC(=O)N1CCOc2cc3ncccc3cc2C1. The summed E-state index contributed by atoms with van der Waals surface area (Å²) in [6.45, 7) is 7.04. The Morgan fingerprint density at radius 2 is 2.18 bits per heavy atom. The Balaban J connectivity index is 1.89. The zero-order valence-corrected chi connectivity index (χ0v) is 13.1. The summed E-state index contributed by atoms with van der Waals surface area (Å²) in [6.07, 6.45) is 1.45. The van der Waals surface area contributed by atoms with Gasteiger partial charge in [-0.3, -0.25) is 4.98 Å². The van der Waals surface area contributed by atoms with Crippen LogP contribution >= 0.6 is 0 Å². The average Bonchev–Trinajstić information content (AvgIpc) is 2.64. The highest BCUT2D eigenvalue weighted by Gasteiger charge is 2.25. The second kappa shape index (κ2) is 5.48. The molecule has 1 amide bonds. The third-order valence-corrected chi connectivity index (χ3v) is 3.42. The van der Waals surface area contributed by atoms with Gasteiger partial charge >= 0.3 is 6.09 Å². The number of carbonyl (C=O) groups excluding carboxylic acids is 1. The van der Waals surface area contributed by atoms with Gasteiger partial charge in [0.15, 0.2) is 0 Å². The summed E-state index contributed by atoms with van der Waals surface area (Å²) in [6, 6.07) is 7.87. The van der Waals surface area contributed by atoms with Crippen LogP contribution in [0.4, 0.5) is 4.79 Å². The molecule has 116 valence electrons. The third kappa shape index (κ3) is 3.13. The van der Waals surface area contributed by atoms with E-state index >= 15 is 0 Å². The Labute approximate surface area is 129 Å². The lowest BCUT2D eigenvalue weighted by Crippen LogP contribution is -2.37. The minimum Gasteiger partial charge on any atom is -0.491 e. The van der Waals surface area contributed by atoms with Crippen molar-refractivity contribution in [3.63, 3.8) is 0 Å². The summed E-state index contributed by atoms with van der Waals surface area (Å²) < 4.78 is 11.2. The Morgan fingerprint density at radius 3 is 2.95 bits per heavy atom. The Bertz CT molecular complexity index is 707. The smallest absolute Gasteiger partial charge is 0.410 e. The molecule has 3 rings (SSSR count). The summed E-state index contributed by atoms with van der Waals surface area (Å²) in [4.78, 5) is 18.3. The maximum absolute atomic E-state index is 12.3.